The molecule has 0 fully saturated rings. The van der Waals surface area contributed by atoms with Gasteiger partial charge in [0.05, 0.1) is 5.56 Å². The van der Waals surface area contributed by atoms with Crippen molar-refractivity contribution in [1.82, 2.24) is 10.2 Å². The predicted octanol–water partition coefficient (Wildman–Crippen LogP) is 5.13. The van der Waals surface area contributed by atoms with E-state index in [1.165, 1.54) is 16.9 Å². The van der Waals surface area contributed by atoms with Crippen LogP contribution in [0.3, 0.4) is 0 Å². The topological polar surface area (TPSA) is 101 Å². The van der Waals surface area contributed by atoms with Crippen molar-refractivity contribution >= 4 is 34.1 Å². The van der Waals surface area contributed by atoms with Gasteiger partial charge in [-0.15, -0.1) is 10.2 Å². The van der Waals surface area contributed by atoms with Crippen molar-refractivity contribution < 1.29 is 13.9 Å². The second kappa shape index (κ2) is 9.93. The fourth-order valence-corrected chi connectivity index (χ4v) is 4.31. The van der Waals surface area contributed by atoms with Crippen LogP contribution in [0.15, 0.2) is 75.5 Å². The Balaban J connectivity index is 1.31. The highest BCUT2D eigenvalue weighted by atomic mass is 32.2. The van der Waals surface area contributed by atoms with Crippen molar-refractivity contribution in [2.24, 2.45) is 0 Å². The summed E-state index contributed by atoms with van der Waals surface area (Å²) >= 11 is 2.86. The van der Waals surface area contributed by atoms with E-state index < -0.39 is 5.91 Å². The summed E-state index contributed by atoms with van der Waals surface area (Å²) < 4.78 is 11.9. The van der Waals surface area contributed by atoms with Crippen LogP contribution in [0.25, 0.3) is 0 Å². The molecule has 2 heterocycles. The maximum absolute atomic E-state index is 12.4. The third-order valence-corrected chi connectivity index (χ3v) is 6.14. The first-order valence-corrected chi connectivity index (χ1v) is 11.0. The number of hydrogen-bond donors (Lipinski definition) is 1. The highest BCUT2D eigenvalue weighted by Gasteiger charge is 2.15. The van der Waals surface area contributed by atoms with Gasteiger partial charge < -0.3 is 9.15 Å². The number of nitrogens with zero attached hydrogens (tertiary/aromatic N) is 3. The monoisotopic (exact) mass is 448 g/mol. The van der Waals surface area contributed by atoms with Crippen molar-refractivity contribution in [2.75, 3.05) is 5.32 Å². The van der Waals surface area contributed by atoms with Gasteiger partial charge in [-0.05, 0) is 29.8 Å². The Morgan fingerprint density at radius 2 is 1.90 bits per heavy atom. The summed E-state index contributed by atoms with van der Waals surface area (Å²) in [6.45, 7) is 0.102. The minimum atomic E-state index is -0.417. The number of carbonyl (C=O) groups excluding carboxylic acids is 1. The van der Waals surface area contributed by atoms with Crippen LogP contribution in [-0.4, -0.2) is 16.1 Å². The van der Waals surface area contributed by atoms with Crippen LogP contribution in [0.1, 0.15) is 27.4 Å². The number of ether oxygens (including phenoxy) is 1. The summed E-state index contributed by atoms with van der Waals surface area (Å²) in [5, 5.41) is 20.3. The first-order chi connectivity index (χ1) is 15.2. The van der Waals surface area contributed by atoms with Crippen LogP contribution in [-0.2, 0) is 12.4 Å². The van der Waals surface area contributed by atoms with Gasteiger partial charge in [-0.3, -0.25) is 10.1 Å². The number of anilines is 1. The van der Waals surface area contributed by atoms with E-state index in [1.807, 2.05) is 30.3 Å². The van der Waals surface area contributed by atoms with Gasteiger partial charge >= 0.3 is 0 Å². The highest BCUT2D eigenvalue weighted by molar-refractivity contribution is 8.00. The van der Waals surface area contributed by atoms with E-state index in [-0.39, 0.29) is 12.4 Å². The molecule has 0 atom stereocenters. The molecule has 0 saturated heterocycles. The van der Waals surface area contributed by atoms with Crippen LogP contribution in [0.2, 0.25) is 0 Å². The number of nitrogens with one attached hydrogen (secondary N) is 1. The van der Waals surface area contributed by atoms with Crippen molar-refractivity contribution in [3.63, 3.8) is 0 Å². The number of carbonyl (C=O) groups is 1. The van der Waals surface area contributed by atoms with Crippen LogP contribution in [0.4, 0.5) is 5.13 Å². The predicted molar refractivity (Wildman–Crippen MR) is 118 cm³/mol. The van der Waals surface area contributed by atoms with Crippen LogP contribution < -0.4 is 10.1 Å². The quantitative estimate of drug-likeness (QED) is 0.295. The lowest BCUT2D eigenvalue weighted by atomic mass is 10.2. The standard InChI is InChI=1S/C22H16N4O3S2/c23-12-16-8-4-5-9-18(16)28-13-17-10-11-19(29-17)20(27)24-21-25-26-22(31-21)30-14-15-6-2-1-3-7-15/h1-11H,13-14H2,(H,24,25,27). The number of aromatic nitrogens is 2. The molecule has 0 aliphatic heterocycles. The zero-order valence-corrected chi connectivity index (χ0v) is 17.8. The molecule has 2 aromatic heterocycles. The molecule has 7 nitrogen and oxygen atoms in total. The van der Waals surface area contributed by atoms with Gasteiger partial charge in [-0.2, -0.15) is 5.26 Å². The Morgan fingerprint density at radius 3 is 2.74 bits per heavy atom. The van der Waals surface area contributed by atoms with Gasteiger partial charge in [0.2, 0.25) is 5.13 Å². The third-order valence-electron chi connectivity index (χ3n) is 4.09. The van der Waals surface area contributed by atoms with Crippen molar-refractivity contribution in [2.45, 2.75) is 16.7 Å². The molecule has 0 unspecified atom stereocenters. The summed E-state index contributed by atoms with van der Waals surface area (Å²) in [6.07, 6.45) is 0. The molecule has 1 amide bonds. The molecule has 0 aliphatic rings. The van der Waals surface area contributed by atoms with Gasteiger partial charge in [-0.1, -0.05) is 65.6 Å². The molecule has 9 heteroatoms. The molecule has 0 bridgehead atoms. The Kier molecular flexibility index (Phi) is 6.62. The normalized spacial score (nSPS) is 10.4. The van der Waals surface area contributed by atoms with E-state index in [2.05, 4.69) is 21.6 Å². The maximum Gasteiger partial charge on any atom is 0.293 e. The first kappa shape index (κ1) is 20.7. The number of amides is 1. The third kappa shape index (κ3) is 5.51. The van der Waals surface area contributed by atoms with E-state index in [9.17, 15) is 4.79 Å². The number of nitriles is 1. The maximum atomic E-state index is 12.4. The number of thioether (sulfide) groups is 1. The number of para-hydroxylation sites is 1. The van der Waals surface area contributed by atoms with Crippen molar-refractivity contribution in [1.29, 1.82) is 5.26 Å². The lowest BCUT2D eigenvalue weighted by Crippen LogP contribution is -2.10. The molecule has 0 aliphatic carbocycles. The first-order valence-electron chi connectivity index (χ1n) is 9.23. The Hall–Kier alpha value is -3.61. The molecular formula is C22H16N4O3S2. The van der Waals surface area contributed by atoms with Crippen LogP contribution in [0, 0.1) is 11.3 Å². The molecule has 154 valence electrons. The zero-order valence-electron chi connectivity index (χ0n) is 16.1. The Bertz CT molecular complexity index is 1210. The van der Waals surface area contributed by atoms with Gasteiger partial charge in [-0.25, -0.2) is 0 Å². The number of hydrogen-bond acceptors (Lipinski definition) is 8. The van der Waals surface area contributed by atoms with Crippen molar-refractivity contribution in [3.05, 3.63) is 89.4 Å². The minimum Gasteiger partial charge on any atom is -0.484 e. The van der Waals surface area contributed by atoms with Gasteiger partial charge in [0, 0.05) is 5.75 Å². The summed E-state index contributed by atoms with van der Waals surface area (Å²) in [6, 6.07) is 22.3. The lowest BCUT2D eigenvalue weighted by molar-refractivity contribution is 0.0992. The molecule has 4 rings (SSSR count). The van der Waals surface area contributed by atoms with Gasteiger partial charge in [0.1, 0.15) is 24.2 Å². The Labute approximate surface area is 186 Å². The smallest absolute Gasteiger partial charge is 0.293 e. The summed E-state index contributed by atoms with van der Waals surface area (Å²) in [5.74, 6) is 1.43. The zero-order chi connectivity index (χ0) is 21.5. The average molecular weight is 449 g/mol. The molecule has 0 spiro atoms. The Morgan fingerprint density at radius 1 is 1.10 bits per heavy atom. The van der Waals surface area contributed by atoms with Crippen molar-refractivity contribution in [3.8, 4) is 11.8 Å². The number of benzene rings is 2. The lowest BCUT2D eigenvalue weighted by Gasteiger charge is -2.05. The molecular weight excluding hydrogens is 432 g/mol. The minimum absolute atomic E-state index is 0.102. The second-order valence-electron chi connectivity index (χ2n) is 6.26. The van der Waals surface area contributed by atoms with Crippen LogP contribution >= 0.6 is 23.1 Å². The van der Waals surface area contributed by atoms with Gasteiger partial charge in [0.25, 0.3) is 5.91 Å². The second-order valence-corrected chi connectivity index (χ2v) is 8.46. The fourth-order valence-electron chi connectivity index (χ4n) is 2.61. The fraction of sp³-hybridized carbons (Fsp3) is 0.0909. The summed E-state index contributed by atoms with van der Waals surface area (Å²) in [7, 11) is 0. The van der Waals surface area contributed by atoms with E-state index in [0.717, 1.165) is 10.1 Å². The number of furan rings is 1. The largest absolute Gasteiger partial charge is 0.484 e. The molecule has 4 aromatic rings. The van der Waals surface area contributed by atoms with E-state index in [0.29, 0.717) is 22.2 Å². The summed E-state index contributed by atoms with van der Waals surface area (Å²) in [4.78, 5) is 12.4. The molecule has 31 heavy (non-hydrogen) atoms. The molecule has 0 radical (unpaired) electrons. The molecule has 0 saturated carbocycles. The van der Waals surface area contributed by atoms with E-state index in [4.69, 9.17) is 14.4 Å². The summed E-state index contributed by atoms with van der Waals surface area (Å²) in [5.41, 5.74) is 1.63. The van der Waals surface area contributed by atoms with Crippen LogP contribution in [0.5, 0.6) is 5.75 Å². The van der Waals surface area contributed by atoms with E-state index >= 15 is 0 Å². The van der Waals surface area contributed by atoms with Gasteiger partial charge in [0.15, 0.2) is 10.1 Å². The number of rotatable bonds is 8. The molecule has 2 aromatic carbocycles. The SMILES string of the molecule is N#Cc1ccccc1OCc1ccc(C(=O)Nc2nnc(SCc3ccccc3)s2)o1. The highest BCUT2D eigenvalue weighted by Crippen LogP contribution is 2.28. The average Bonchev–Trinajstić information content (AvgIpc) is 3.47. The molecule has 1 N–H and O–H groups in total. The van der Waals surface area contributed by atoms with E-state index in [1.54, 1.807) is 48.2 Å².